The number of rotatable bonds is 5. The molecule has 186 valence electrons. The van der Waals surface area contributed by atoms with Gasteiger partial charge in [-0.2, -0.15) is 0 Å². The van der Waals surface area contributed by atoms with E-state index in [4.69, 9.17) is 9.47 Å². The van der Waals surface area contributed by atoms with Gasteiger partial charge in [-0.05, 0) is 56.2 Å². The lowest BCUT2D eigenvalue weighted by Gasteiger charge is -2.42. The van der Waals surface area contributed by atoms with Gasteiger partial charge in [-0.15, -0.1) is 0 Å². The molecule has 0 aromatic heterocycles. The predicted molar refractivity (Wildman–Crippen MR) is 123 cm³/mol. The van der Waals surface area contributed by atoms with Crippen molar-refractivity contribution in [3.8, 4) is 5.75 Å². The normalized spacial score (nSPS) is 21.7. The monoisotopic (exact) mass is 487 g/mol. The summed E-state index contributed by atoms with van der Waals surface area (Å²) in [7, 11) is 1.69. The molecule has 0 radical (unpaired) electrons. The number of nitrogens with one attached hydrogen (secondary N) is 2. The Labute approximate surface area is 201 Å². The lowest BCUT2D eigenvalue weighted by atomic mass is 9.94. The predicted octanol–water partition coefficient (Wildman–Crippen LogP) is 3.12. The summed E-state index contributed by atoms with van der Waals surface area (Å²) in [6.07, 6.45) is 0.905. The van der Waals surface area contributed by atoms with Crippen molar-refractivity contribution in [2.75, 3.05) is 25.5 Å². The summed E-state index contributed by atoms with van der Waals surface area (Å²) in [5, 5.41) is 5.37. The van der Waals surface area contributed by atoms with E-state index in [1.54, 1.807) is 24.1 Å². The molecule has 3 amide bonds. The highest BCUT2D eigenvalue weighted by molar-refractivity contribution is 6.05. The Morgan fingerprint density at radius 2 is 1.91 bits per heavy atom. The molecular weight excluding hydrogens is 460 g/mol. The molecular formula is C25H27F2N3O5. The van der Waals surface area contributed by atoms with Gasteiger partial charge in [-0.3, -0.25) is 14.4 Å². The smallest absolute Gasteiger partial charge is 0.257 e. The third-order valence-corrected chi connectivity index (χ3v) is 6.24. The summed E-state index contributed by atoms with van der Waals surface area (Å²) in [6.45, 7) is 2.61. The van der Waals surface area contributed by atoms with Crippen LogP contribution < -0.4 is 15.4 Å². The van der Waals surface area contributed by atoms with Crippen LogP contribution in [-0.4, -0.2) is 61.1 Å². The van der Waals surface area contributed by atoms with Gasteiger partial charge in [0.25, 0.3) is 11.8 Å². The third kappa shape index (κ3) is 5.43. The van der Waals surface area contributed by atoms with Crippen LogP contribution in [0.25, 0.3) is 0 Å². The summed E-state index contributed by atoms with van der Waals surface area (Å²) in [4.78, 5) is 39.3. The molecule has 4 rings (SSSR count). The standard InChI is InChI=1S/C25H27F2N3O5/c1-3-28-23(31)12-16-6-8-20-22(35-16)13-34-21-9-5-15(11-17(21)25(33)30(20)2)29-24(32)14-4-7-18(26)19(27)10-14/h4-5,7,9-11,16,20,22H,3,6,8,12-13H2,1-2H3,(H,28,31)(H,29,32)/t16-,20-,22+/m0/s1. The first-order valence-electron chi connectivity index (χ1n) is 11.5. The van der Waals surface area contributed by atoms with E-state index in [1.165, 1.54) is 12.1 Å². The Morgan fingerprint density at radius 3 is 2.66 bits per heavy atom. The molecule has 2 aliphatic rings. The van der Waals surface area contributed by atoms with Crippen LogP contribution >= 0.6 is 0 Å². The van der Waals surface area contributed by atoms with Crippen molar-refractivity contribution in [3.05, 3.63) is 59.2 Å². The molecule has 2 aromatic carbocycles. The number of benzene rings is 2. The fourth-order valence-electron chi connectivity index (χ4n) is 4.42. The second-order valence-corrected chi connectivity index (χ2v) is 8.62. The summed E-state index contributed by atoms with van der Waals surface area (Å²) in [5.74, 6) is -2.86. The molecule has 2 N–H and O–H groups in total. The lowest BCUT2D eigenvalue weighted by molar-refractivity contribution is -0.133. The van der Waals surface area contributed by atoms with Crippen molar-refractivity contribution >= 4 is 23.4 Å². The van der Waals surface area contributed by atoms with Crippen LogP contribution in [-0.2, 0) is 9.53 Å². The quantitative estimate of drug-likeness (QED) is 0.676. The Kier molecular flexibility index (Phi) is 7.30. The van der Waals surface area contributed by atoms with Gasteiger partial charge in [0.15, 0.2) is 11.6 Å². The van der Waals surface area contributed by atoms with Crippen LogP contribution in [0.3, 0.4) is 0 Å². The van der Waals surface area contributed by atoms with Crippen LogP contribution in [0.1, 0.15) is 46.9 Å². The highest BCUT2D eigenvalue weighted by atomic mass is 19.2. The molecule has 35 heavy (non-hydrogen) atoms. The van der Waals surface area contributed by atoms with E-state index < -0.39 is 23.6 Å². The van der Waals surface area contributed by atoms with E-state index in [2.05, 4.69) is 10.6 Å². The van der Waals surface area contributed by atoms with Gasteiger partial charge < -0.3 is 25.0 Å². The summed E-state index contributed by atoms with van der Waals surface area (Å²) in [5.41, 5.74) is 0.515. The maximum Gasteiger partial charge on any atom is 0.257 e. The molecule has 2 aromatic rings. The molecule has 2 heterocycles. The van der Waals surface area contributed by atoms with E-state index in [0.29, 0.717) is 30.8 Å². The van der Waals surface area contributed by atoms with E-state index in [1.807, 2.05) is 6.92 Å². The number of nitrogens with zero attached hydrogens (tertiary/aromatic N) is 1. The van der Waals surface area contributed by atoms with E-state index >= 15 is 0 Å². The minimum atomic E-state index is -1.13. The van der Waals surface area contributed by atoms with Gasteiger partial charge in [0.1, 0.15) is 18.5 Å². The zero-order valence-corrected chi connectivity index (χ0v) is 19.5. The third-order valence-electron chi connectivity index (χ3n) is 6.24. The number of halogens is 2. The molecule has 1 saturated heterocycles. The lowest BCUT2D eigenvalue weighted by Crippen LogP contribution is -2.54. The Balaban J connectivity index is 1.49. The van der Waals surface area contributed by atoms with Crippen LogP contribution in [0.2, 0.25) is 0 Å². The van der Waals surface area contributed by atoms with Crippen molar-refractivity contribution in [2.45, 2.75) is 44.4 Å². The van der Waals surface area contributed by atoms with Gasteiger partial charge in [0.05, 0.1) is 24.1 Å². The van der Waals surface area contributed by atoms with E-state index in [9.17, 15) is 23.2 Å². The minimum absolute atomic E-state index is 0.0558. The molecule has 0 bridgehead atoms. The fourth-order valence-corrected chi connectivity index (χ4v) is 4.42. The van der Waals surface area contributed by atoms with Crippen LogP contribution in [0.15, 0.2) is 36.4 Å². The molecule has 0 unspecified atom stereocenters. The van der Waals surface area contributed by atoms with Gasteiger partial charge in [0.2, 0.25) is 5.91 Å². The van der Waals surface area contributed by atoms with Crippen LogP contribution in [0, 0.1) is 11.6 Å². The van der Waals surface area contributed by atoms with E-state index in [-0.39, 0.29) is 48.1 Å². The number of likely N-dealkylation sites (N-methyl/N-ethyl adjacent to an activating group) is 1. The van der Waals surface area contributed by atoms with Gasteiger partial charge in [-0.1, -0.05) is 0 Å². The number of carbonyl (C=O) groups excluding carboxylic acids is 3. The number of amides is 3. The Bertz CT molecular complexity index is 1140. The van der Waals surface area contributed by atoms with Crippen molar-refractivity contribution in [3.63, 3.8) is 0 Å². The maximum atomic E-state index is 13.5. The van der Waals surface area contributed by atoms with Crippen LogP contribution in [0.4, 0.5) is 14.5 Å². The first-order chi connectivity index (χ1) is 16.8. The second-order valence-electron chi connectivity index (χ2n) is 8.62. The van der Waals surface area contributed by atoms with Crippen LogP contribution in [0.5, 0.6) is 5.75 Å². The SMILES string of the molecule is CCNC(=O)C[C@@H]1CC[C@H]2[C@@H](COc3ccc(NC(=O)c4ccc(F)c(F)c4)cc3C(=O)N2C)O1. The summed E-state index contributed by atoms with van der Waals surface area (Å²) in [6, 6.07) is 7.24. The molecule has 1 fully saturated rings. The molecule has 10 heteroatoms. The second kappa shape index (κ2) is 10.4. The van der Waals surface area contributed by atoms with Crippen molar-refractivity contribution < 1.29 is 32.6 Å². The summed E-state index contributed by atoms with van der Waals surface area (Å²) >= 11 is 0. The zero-order chi connectivity index (χ0) is 25.1. The molecule has 2 aliphatic heterocycles. The molecule has 0 aliphatic carbocycles. The fraction of sp³-hybridized carbons (Fsp3) is 0.400. The van der Waals surface area contributed by atoms with Crippen molar-refractivity contribution in [1.82, 2.24) is 10.2 Å². The molecule has 0 saturated carbocycles. The molecule has 3 atom stereocenters. The van der Waals surface area contributed by atoms with E-state index in [0.717, 1.165) is 12.1 Å². The topological polar surface area (TPSA) is 97.0 Å². The van der Waals surface area contributed by atoms with Gasteiger partial charge in [-0.25, -0.2) is 8.78 Å². The number of fused-ring (bicyclic) bond motifs is 2. The van der Waals surface area contributed by atoms with Crippen molar-refractivity contribution in [1.29, 1.82) is 0 Å². The maximum absolute atomic E-state index is 13.5. The summed E-state index contributed by atoms with van der Waals surface area (Å²) < 4.78 is 38.7. The minimum Gasteiger partial charge on any atom is -0.490 e. The number of anilines is 1. The van der Waals surface area contributed by atoms with Crippen molar-refractivity contribution in [2.24, 2.45) is 0 Å². The average molecular weight is 488 g/mol. The highest BCUT2D eigenvalue weighted by Gasteiger charge is 2.39. The number of carbonyl (C=O) groups is 3. The zero-order valence-electron chi connectivity index (χ0n) is 19.5. The average Bonchev–Trinajstić information content (AvgIpc) is 2.83. The van der Waals surface area contributed by atoms with Gasteiger partial charge >= 0.3 is 0 Å². The highest BCUT2D eigenvalue weighted by Crippen LogP contribution is 2.32. The molecule has 0 spiro atoms. The number of hydrogen-bond donors (Lipinski definition) is 2. The molecule has 8 nitrogen and oxygen atoms in total. The first kappa shape index (κ1) is 24.6. The Morgan fingerprint density at radius 1 is 1.11 bits per heavy atom. The Hall–Kier alpha value is -3.53. The number of hydrogen-bond acceptors (Lipinski definition) is 5. The van der Waals surface area contributed by atoms with Gasteiger partial charge in [0, 0.05) is 24.8 Å². The number of ether oxygens (including phenoxy) is 2. The first-order valence-corrected chi connectivity index (χ1v) is 11.5. The largest absolute Gasteiger partial charge is 0.490 e.